The van der Waals surface area contributed by atoms with Gasteiger partial charge >= 0.3 is 5.97 Å². The Morgan fingerprint density at radius 3 is 2.67 bits per heavy atom. The van der Waals surface area contributed by atoms with E-state index in [0.29, 0.717) is 11.1 Å². The molecule has 1 aliphatic carbocycles. The third-order valence-electron chi connectivity index (χ3n) is 3.18. The quantitative estimate of drug-likeness (QED) is 0.519. The lowest BCUT2D eigenvalue weighted by Crippen LogP contribution is -2.36. The van der Waals surface area contributed by atoms with Gasteiger partial charge in [0.1, 0.15) is 12.2 Å². The molecule has 2 rings (SSSR count). The molecule has 21 heavy (non-hydrogen) atoms. The van der Waals surface area contributed by atoms with Crippen molar-refractivity contribution >= 4 is 11.5 Å². The van der Waals surface area contributed by atoms with Crippen LogP contribution in [0.1, 0.15) is 18.9 Å². The fourth-order valence-corrected chi connectivity index (χ4v) is 2.15. The molecule has 0 saturated heterocycles. The van der Waals surface area contributed by atoms with E-state index in [1.54, 1.807) is 24.3 Å². The van der Waals surface area contributed by atoms with E-state index in [0.717, 1.165) is 0 Å². The number of rotatable bonds is 4. The molecule has 0 bridgehead atoms. The third kappa shape index (κ3) is 3.55. The molecule has 0 heterocycles. The van der Waals surface area contributed by atoms with Gasteiger partial charge in [-0.2, -0.15) is 0 Å². The molecule has 1 aromatic rings. The molecule has 1 aliphatic rings. The standard InChI is InChI=1S/C15H15NO5/c1-11(17)21-10-15(18)8-7-13(14(9-15)16(19)20)12-5-3-2-4-6-12/h2-8,18H,9-10H2,1H3. The summed E-state index contributed by atoms with van der Waals surface area (Å²) in [5.41, 5.74) is -0.492. The first-order valence-corrected chi connectivity index (χ1v) is 6.39. The molecule has 0 aromatic heterocycles. The Kier molecular flexibility index (Phi) is 4.18. The highest BCUT2D eigenvalue weighted by molar-refractivity contribution is 5.77. The van der Waals surface area contributed by atoms with Gasteiger partial charge in [0, 0.05) is 6.92 Å². The van der Waals surface area contributed by atoms with Gasteiger partial charge in [-0.25, -0.2) is 0 Å². The maximum absolute atomic E-state index is 11.3. The highest BCUT2D eigenvalue weighted by atomic mass is 16.6. The summed E-state index contributed by atoms with van der Waals surface area (Å²) in [7, 11) is 0. The Hall–Kier alpha value is -2.47. The highest BCUT2D eigenvalue weighted by Crippen LogP contribution is 2.33. The molecule has 110 valence electrons. The van der Waals surface area contributed by atoms with Crippen molar-refractivity contribution < 1.29 is 19.6 Å². The first-order valence-electron chi connectivity index (χ1n) is 6.39. The van der Waals surface area contributed by atoms with Crippen LogP contribution in [0.2, 0.25) is 0 Å². The Balaban J connectivity index is 2.32. The van der Waals surface area contributed by atoms with Crippen LogP contribution in [0.15, 0.2) is 48.2 Å². The summed E-state index contributed by atoms with van der Waals surface area (Å²) in [5, 5.41) is 21.6. The number of allylic oxidation sites excluding steroid dienone is 2. The summed E-state index contributed by atoms with van der Waals surface area (Å²) in [6.07, 6.45) is 2.72. The number of hydrogen-bond donors (Lipinski definition) is 1. The van der Waals surface area contributed by atoms with Crippen LogP contribution in [0.25, 0.3) is 5.57 Å². The Bertz CT molecular complexity index is 620. The maximum atomic E-state index is 11.3. The first-order chi connectivity index (χ1) is 9.91. The average Bonchev–Trinajstić information content (AvgIpc) is 2.46. The fraction of sp³-hybridized carbons (Fsp3) is 0.267. The number of nitrogens with zero attached hydrogens (tertiary/aromatic N) is 1. The van der Waals surface area contributed by atoms with Crippen LogP contribution in [0.4, 0.5) is 0 Å². The maximum Gasteiger partial charge on any atom is 0.302 e. The number of aliphatic hydroxyl groups is 1. The van der Waals surface area contributed by atoms with Crippen LogP contribution in [0.3, 0.4) is 0 Å². The molecule has 1 atom stereocenters. The van der Waals surface area contributed by atoms with Gasteiger partial charge in [-0.05, 0) is 17.7 Å². The van der Waals surface area contributed by atoms with Crippen molar-refractivity contribution in [3.8, 4) is 0 Å². The molecule has 0 spiro atoms. The Morgan fingerprint density at radius 1 is 1.43 bits per heavy atom. The van der Waals surface area contributed by atoms with Crippen molar-refractivity contribution in [2.45, 2.75) is 18.9 Å². The Morgan fingerprint density at radius 2 is 2.10 bits per heavy atom. The van der Waals surface area contributed by atoms with Crippen LogP contribution in [-0.2, 0) is 9.53 Å². The van der Waals surface area contributed by atoms with Crippen molar-refractivity contribution in [1.29, 1.82) is 0 Å². The van der Waals surface area contributed by atoms with Crippen LogP contribution in [-0.4, -0.2) is 28.2 Å². The van der Waals surface area contributed by atoms with Crippen LogP contribution < -0.4 is 0 Å². The van der Waals surface area contributed by atoms with Gasteiger partial charge in [0.15, 0.2) is 0 Å². The minimum absolute atomic E-state index is 0.0987. The number of carbonyl (C=O) groups excluding carboxylic acids is 1. The lowest BCUT2D eigenvalue weighted by molar-refractivity contribution is -0.429. The number of esters is 1. The van der Waals surface area contributed by atoms with Crippen LogP contribution >= 0.6 is 0 Å². The summed E-state index contributed by atoms with van der Waals surface area (Å²) in [4.78, 5) is 21.6. The van der Waals surface area contributed by atoms with Gasteiger partial charge in [-0.15, -0.1) is 0 Å². The smallest absolute Gasteiger partial charge is 0.302 e. The first kappa shape index (κ1) is 14.9. The van der Waals surface area contributed by atoms with Gasteiger partial charge in [0.05, 0.1) is 16.9 Å². The monoisotopic (exact) mass is 289 g/mol. The molecular weight excluding hydrogens is 274 g/mol. The second-order valence-corrected chi connectivity index (χ2v) is 4.88. The topological polar surface area (TPSA) is 89.7 Å². The number of ether oxygens (including phenoxy) is 1. The summed E-state index contributed by atoms with van der Waals surface area (Å²) in [6.45, 7) is 0.911. The number of nitro groups is 1. The SMILES string of the molecule is CC(=O)OCC1(O)C=CC(c2ccccc2)=C([N+](=O)[O-])C1. The minimum Gasteiger partial charge on any atom is -0.462 e. The largest absolute Gasteiger partial charge is 0.462 e. The van der Waals surface area contributed by atoms with E-state index in [9.17, 15) is 20.0 Å². The zero-order valence-corrected chi connectivity index (χ0v) is 11.5. The van der Waals surface area contributed by atoms with E-state index in [1.807, 2.05) is 6.07 Å². The predicted molar refractivity (Wildman–Crippen MR) is 75.7 cm³/mol. The zero-order valence-electron chi connectivity index (χ0n) is 11.5. The minimum atomic E-state index is -1.55. The Labute approximate surface area is 121 Å². The summed E-state index contributed by atoms with van der Waals surface area (Å²) < 4.78 is 4.77. The van der Waals surface area contributed by atoms with Crippen molar-refractivity contribution in [2.75, 3.05) is 6.61 Å². The molecule has 1 unspecified atom stereocenters. The fourth-order valence-electron chi connectivity index (χ4n) is 2.15. The molecule has 0 amide bonds. The predicted octanol–water partition coefficient (Wildman–Crippen LogP) is 1.93. The summed E-state index contributed by atoms with van der Waals surface area (Å²) in [6, 6.07) is 8.92. The van der Waals surface area contributed by atoms with Crippen LogP contribution in [0.5, 0.6) is 0 Å². The van der Waals surface area contributed by atoms with Gasteiger partial charge in [-0.3, -0.25) is 14.9 Å². The molecule has 0 saturated carbocycles. The summed E-state index contributed by atoms with van der Waals surface area (Å²) >= 11 is 0. The van der Waals surface area contributed by atoms with Crippen molar-refractivity contribution in [3.05, 3.63) is 63.9 Å². The highest BCUT2D eigenvalue weighted by Gasteiger charge is 2.36. The van der Waals surface area contributed by atoms with E-state index in [2.05, 4.69) is 0 Å². The lowest BCUT2D eigenvalue weighted by atomic mass is 9.87. The van der Waals surface area contributed by atoms with E-state index < -0.39 is 16.5 Å². The van der Waals surface area contributed by atoms with Crippen molar-refractivity contribution in [2.24, 2.45) is 0 Å². The van der Waals surface area contributed by atoms with Gasteiger partial charge in [-0.1, -0.05) is 30.3 Å². The molecule has 1 aromatic carbocycles. The van der Waals surface area contributed by atoms with E-state index in [4.69, 9.17) is 4.74 Å². The molecule has 6 nitrogen and oxygen atoms in total. The van der Waals surface area contributed by atoms with Gasteiger partial charge in [0.25, 0.3) is 5.70 Å². The summed E-state index contributed by atoms with van der Waals surface area (Å²) in [5.74, 6) is -0.544. The second-order valence-electron chi connectivity index (χ2n) is 4.88. The molecular formula is C15H15NO5. The van der Waals surface area contributed by atoms with Crippen LogP contribution in [0, 0.1) is 10.1 Å². The second kappa shape index (κ2) is 5.88. The number of hydrogen-bond acceptors (Lipinski definition) is 5. The lowest BCUT2D eigenvalue weighted by Gasteiger charge is -2.26. The molecule has 0 radical (unpaired) electrons. The molecule has 0 aliphatic heterocycles. The number of carbonyl (C=O) groups is 1. The van der Waals surface area contributed by atoms with Crippen molar-refractivity contribution in [1.82, 2.24) is 0 Å². The molecule has 6 heteroatoms. The van der Waals surface area contributed by atoms with E-state index in [1.165, 1.54) is 19.1 Å². The molecule has 1 N–H and O–H groups in total. The zero-order chi connectivity index (χ0) is 15.5. The third-order valence-corrected chi connectivity index (χ3v) is 3.18. The average molecular weight is 289 g/mol. The number of benzene rings is 1. The van der Waals surface area contributed by atoms with Gasteiger partial charge < -0.3 is 9.84 Å². The van der Waals surface area contributed by atoms with Crippen molar-refractivity contribution in [3.63, 3.8) is 0 Å². The van der Waals surface area contributed by atoms with Gasteiger partial charge in [0.2, 0.25) is 0 Å². The van der Waals surface area contributed by atoms with E-state index >= 15 is 0 Å². The molecule has 0 fully saturated rings. The normalized spacial score (nSPS) is 21.2. The van der Waals surface area contributed by atoms with E-state index in [-0.39, 0.29) is 18.7 Å².